The van der Waals surface area contributed by atoms with Crippen LogP contribution in [-0.4, -0.2) is 63.5 Å². The molecule has 2 aromatic carbocycles. The standard InChI is InChI=1S/C33H36N6O5/c1-38(32(43)44)18-22-7-2-3-8-23(22)19-39(31(42)36-25-9-4-5-10-25)20-28(40)35-26-13-12-21-16-33(17-24(21)15-26)27-11-6-14-34-29(27)37-30(33)41/h2-3,6-8,11-15,25H,4-5,9-10,16-20H2,1H3,(H,35,40)(H,36,42)(H,43,44)(H,34,37,41). The molecule has 0 bridgehead atoms. The normalized spacial score (nSPS) is 18.4. The van der Waals surface area contributed by atoms with E-state index in [4.69, 9.17) is 0 Å². The number of amides is 5. The summed E-state index contributed by atoms with van der Waals surface area (Å²) in [6.45, 7) is 0.111. The van der Waals surface area contributed by atoms with Gasteiger partial charge in [-0.05, 0) is 66.1 Å². The molecule has 11 heteroatoms. The number of nitrogens with zero attached hydrogens (tertiary/aromatic N) is 3. The number of benzene rings is 2. The number of rotatable bonds is 8. The van der Waals surface area contributed by atoms with Gasteiger partial charge in [0.05, 0.1) is 5.41 Å². The number of carbonyl (C=O) groups excluding carboxylic acids is 3. The van der Waals surface area contributed by atoms with Crippen molar-refractivity contribution < 1.29 is 24.3 Å². The van der Waals surface area contributed by atoms with Crippen molar-refractivity contribution in [3.8, 4) is 0 Å². The molecule has 1 fully saturated rings. The van der Waals surface area contributed by atoms with Crippen molar-refractivity contribution in [2.45, 2.75) is 63.1 Å². The van der Waals surface area contributed by atoms with Crippen molar-refractivity contribution in [3.63, 3.8) is 0 Å². The van der Waals surface area contributed by atoms with Crippen LogP contribution in [0, 0.1) is 0 Å². The maximum atomic E-state index is 13.4. The summed E-state index contributed by atoms with van der Waals surface area (Å²) >= 11 is 0. The molecule has 1 atom stereocenters. The van der Waals surface area contributed by atoms with Crippen LogP contribution in [0.3, 0.4) is 0 Å². The summed E-state index contributed by atoms with van der Waals surface area (Å²) in [6, 6.07) is 16.5. The summed E-state index contributed by atoms with van der Waals surface area (Å²) in [6.07, 6.45) is 5.60. The number of pyridine rings is 1. The number of fused-ring (bicyclic) bond motifs is 3. The van der Waals surface area contributed by atoms with Gasteiger partial charge >= 0.3 is 12.1 Å². The molecule has 3 aliphatic rings. The van der Waals surface area contributed by atoms with Gasteiger partial charge in [0, 0.05) is 43.6 Å². The molecule has 228 valence electrons. The number of nitrogens with one attached hydrogen (secondary N) is 3. The van der Waals surface area contributed by atoms with Crippen molar-refractivity contribution >= 4 is 35.4 Å². The highest BCUT2D eigenvalue weighted by atomic mass is 16.4. The Morgan fingerprint density at radius 3 is 2.48 bits per heavy atom. The Morgan fingerprint density at radius 1 is 1.00 bits per heavy atom. The molecule has 1 spiro atoms. The molecule has 1 saturated carbocycles. The summed E-state index contributed by atoms with van der Waals surface area (Å²) in [4.78, 5) is 58.3. The SMILES string of the molecule is CN(Cc1ccccc1CN(CC(=O)Nc1ccc2c(c1)CC1(C2)C(=O)Nc2ncccc21)C(=O)NC1CCCC1)C(=O)O. The average Bonchev–Trinajstić information content (AvgIpc) is 3.72. The number of anilines is 2. The summed E-state index contributed by atoms with van der Waals surface area (Å²) < 4.78 is 0. The quantitative estimate of drug-likeness (QED) is 0.306. The van der Waals surface area contributed by atoms with E-state index in [1.54, 1.807) is 6.20 Å². The minimum atomic E-state index is -1.05. The Labute approximate surface area is 255 Å². The highest BCUT2D eigenvalue weighted by molar-refractivity contribution is 6.06. The van der Waals surface area contributed by atoms with E-state index in [9.17, 15) is 24.3 Å². The van der Waals surface area contributed by atoms with Gasteiger partial charge in [0.2, 0.25) is 11.8 Å². The molecule has 4 N–H and O–H groups in total. The van der Waals surface area contributed by atoms with Crippen LogP contribution in [0.5, 0.6) is 0 Å². The molecule has 1 unspecified atom stereocenters. The van der Waals surface area contributed by atoms with Gasteiger partial charge < -0.3 is 30.9 Å². The maximum Gasteiger partial charge on any atom is 0.407 e. The maximum absolute atomic E-state index is 13.4. The van der Waals surface area contributed by atoms with Crippen LogP contribution >= 0.6 is 0 Å². The summed E-state index contributed by atoms with van der Waals surface area (Å²) in [7, 11) is 1.49. The second kappa shape index (κ2) is 12.0. The van der Waals surface area contributed by atoms with Crippen LogP contribution in [0.2, 0.25) is 0 Å². The van der Waals surface area contributed by atoms with E-state index >= 15 is 0 Å². The highest BCUT2D eigenvalue weighted by Gasteiger charge is 2.51. The highest BCUT2D eigenvalue weighted by Crippen LogP contribution is 2.46. The first kappa shape index (κ1) is 29.2. The van der Waals surface area contributed by atoms with Crippen molar-refractivity contribution in [2.75, 3.05) is 24.2 Å². The van der Waals surface area contributed by atoms with Crippen LogP contribution < -0.4 is 16.0 Å². The van der Waals surface area contributed by atoms with Gasteiger partial charge in [0.15, 0.2) is 0 Å². The van der Waals surface area contributed by atoms with Crippen molar-refractivity contribution in [1.29, 1.82) is 0 Å². The predicted octanol–water partition coefficient (Wildman–Crippen LogP) is 4.27. The first-order valence-electron chi connectivity index (χ1n) is 15.0. The number of hydrogen-bond donors (Lipinski definition) is 4. The van der Waals surface area contributed by atoms with E-state index in [1.807, 2.05) is 54.6 Å². The summed E-state index contributed by atoms with van der Waals surface area (Å²) in [5, 5.41) is 18.3. The van der Waals surface area contributed by atoms with Crippen molar-refractivity contribution in [3.05, 3.63) is 88.6 Å². The Balaban J connectivity index is 1.17. The molecule has 11 nitrogen and oxygen atoms in total. The van der Waals surface area contributed by atoms with Gasteiger partial charge in [-0.2, -0.15) is 0 Å². The predicted molar refractivity (Wildman–Crippen MR) is 164 cm³/mol. The first-order valence-corrected chi connectivity index (χ1v) is 15.0. The molecular formula is C33H36N6O5. The molecule has 1 aliphatic heterocycles. The molecule has 0 radical (unpaired) electrons. The molecule has 6 rings (SSSR count). The van der Waals surface area contributed by atoms with E-state index < -0.39 is 11.5 Å². The zero-order valence-corrected chi connectivity index (χ0v) is 24.6. The van der Waals surface area contributed by atoms with Gasteiger partial charge in [-0.25, -0.2) is 14.6 Å². The van der Waals surface area contributed by atoms with Crippen LogP contribution in [0.4, 0.5) is 21.1 Å². The smallest absolute Gasteiger partial charge is 0.407 e. The fourth-order valence-electron chi connectivity index (χ4n) is 6.65. The third kappa shape index (κ3) is 5.82. The lowest BCUT2D eigenvalue weighted by Crippen LogP contribution is -2.46. The number of urea groups is 1. The second-order valence-electron chi connectivity index (χ2n) is 12.0. The van der Waals surface area contributed by atoms with Gasteiger partial charge in [0.25, 0.3) is 0 Å². The molecule has 44 heavy (non-hydrogen) atoms. The number of carbonyl (C=O) groups is 4. The molecular weight excluding hydrogens is 560 g/mol. The zero-order chi connectivity index (χ0) is 30.8. The Kier molecular flexibility index (Phi) is 7.94. The summed E-state index contributed by atoms with van der Waals surface area (Å²) in [5.41, 5.74) is 4.35. The molecule has 2 aliphatic carbocycles. The van der Waals surface area contributed by atoms with E-state index in [0.29, 0.717) is 24.3 Å². The topological polar surface area (TPSA) is 144 Å². The molecule has 0 saturated heterocycles. The average molecular weight is 597 g/mol. The zero-order valence-electron chi connectivity index (χ0n) is 24.6. The fraction of sp³-hybridized carbons (Fsp3) is 0.364. The lowest BCUT2D eigenvalue weighted by molar-refractivity contribution is -0.120. The third-order valence-corrected chi connectivity index (χ3v) is 8.98. The third-order valence-electron chi connectivity index (χ3n) is 8.98. The molecule has 3 aromatic rings. The monoisotopic (exact) mass is 596 g/mol. The van der Waals surface area contributed by atoms with Crippen molar-refractivity contribution in [2.24, 2.45) is 0 Å². The van der Waals surface area contributed by atoms with Crippen LogP contribution in [0.15, 0.2) is 60.8 Å². The number of hydrogen-bond acceptors (Lipinski definition) is 5. The van der Waals surface area contributed by atoms with Crippen LogP contribution in [-0.2, 0) is 40.9 Å². The lowest BCUT2D eigenvalue weighted by atomic mass is 9.79. The minimum absolute atomic E-state index is 0.0632. The molecule has 5 amide bonds. The van der Waals surface area contributed by atoms with E-state index in [0.717, 1.165) is 53.5 Å². The Bertz CT molecular complexity index is 1620. The molecule has 1 aromatic heterocycles. The molecule has 2 heterocycles. The van der Waals surface area contributed by atoms with E-state index in [-0.39, 0.29) is 43.5 Å². The largest absolute Gasteiger partial charge is 0.465 e. The van der Waals surface area contributed by atoms with Gasteiger partial charge in [0.1, 0.15) is 12.4 Å². The Morgan fingerprint density at radius 2 is 1.73 bits per heavy atom. The number of carboxylic acid groups (broad SMARTS) is 1. The van der Waals surface area contributed by atoms with Crippen LogP contribution in [0.25, 0.3) is 0 Å². The summed E-state index contributed by atoms with van der Waals surface area (Å²) in [5.74, 6) is 0.185. The van der Waals surface area contributed by atoms with E-state index in [1.165, 1.54) is 16.8 Å². The first-order chi connectivity index (χ1) is 21.2. The Hall–Kier alpha value is -4.93. The number of aromatic nitrogens is 1. The van der Waals surface area contributed by atoms with Gasteiger partial charge in [-0.3, -0.25) is 9.59 Å². The van der Waals surface area contributed by atoms with Gasteiger partial charge in [-0.1, -0.05) is 49.2 Å². The van der Waals surface area contributed by atoms with Crippen molar-refractivity contribution in [1.82, 2.24) is 20.1 Å². The van der Waals surface area contributed by atoms with Crippen LogP contribution in [0.1, 0.15) is 53.5 Å². The minimum Gasteiger partial charge on any atom is -0.465 e. The van der Waals surface area contributed by atoms with Gasteiger partial charge in [-0.15, -0.1) is 0 Å². The van der Waals surface area contributed by atoms with E-state index in [2.05, 4.69) is 20.9 Å². The lowest BCUT2D eigenvalue weighted by Gasteiger charge is -2.26. The second-order valence-corrected chi connectivity index (χ2v) is 12.0. The fourth-order valence-corrected chi connectivity index (χ4v) is 6.65.